The van der Waals surface area contributed by atoms with Crippen LogP contribution >= 0.6 is 0 Å². The van der Waals surface area contributed by atoms with Gasteiger partial charge in [-0.05, 0) is 6.07 Å². The van der Waals surface area contributed by atoms with Crippen LogP contribution in [-0.4, -0.2) is 62.7 Å². The van der Waals surface area contributed by atoms with Gasteiger partial charge in [0, 0.05) is 33.4 Å². The van der Waals surface area contributed by atoms with Gasteiger partial charge in [0.2, 0.25) is 16.0 Å². The summed E-state index contributed by atoms with van der Waals surface area (Å²) in [5.41, 5.74) is 0.701. The lowest BCUT2D eigenvalue weighted by molar-refractivity contribution is -0.00474. The molecular weight excluding hydrogens is 268 g/mol. The summed E-state index contributed by atoms with van der Waals surface area (Å²) >= 11 is 0. The molecule has 0 unspecified atom stereocenters. The number of ether oxygens (including phenoxy) is 1. The van der Waals surface area contributed by atoms with E-state index in [0.717, 1.165) is 0 Å². The van der Waals surface area contributed by atoms with E-state index in [9.17, 15) is 8.42 Å². The minimum absolute atomic E-state index is 0.294. The lowest BCUT2D eigenvalue weighted by Gasteiger charge is -2.31. The molecule has 0 aliphatic carbocycles. The molecule has 1 aromatic heterocycles. The van der Waals surface area contributed by atoms with Crippen molar-refractivity contribution in [1.82, 2.24) is 14.3 Å². The lowest BCUT2D eigenvalue weighted by atomic mass is 10.2. The third-order valence-corrected chi connectivity index (χ3v) is 4.16. The Bertz CT molecular complexity index is 547. The average Bonchev–Trinajstić information content (AvgIpc) is 2.38. The second-order valence-electron chi connectivity index (χ2n) is 4.66. The number of anilines is 1. The van der Waals surface area contributed by atoms with Crippen molar-refractivity contribution in [3.8, 4) is 0 Å². The molecule has 0 amide bonds. The standard InChI is InChI=1S/C11H18N4O3S/c1-14(2)11-12-5-4-9(13-11)10-8-15(6-7-18-10)19(3,16)17/h4-5,10H,6-8H2,1-3H3/t10-/m1/s1. The van der Waals surface area contributed by atoms with Crippen LogP contribution in [0.2, 0.25) is 0 Å². The summed E-state index contributed by atoms with van der Waals surface area (Å²) in [6.45, 7) is 1.06. The highest BCUT2D eigenvalue weighted by Crippen LogP contribution is 2.22. The summed E-state index contributed by atoms with van der Waals surface area (Å²) in [6, 6.07) is 1.75. The maximum Gasteiger partial charge on any atom is 0.225 e. The van der Waals surface area contributed by atoms with Gasteiger partial charge in [-0.15, -0.1) is 0 Å². The Hall–Kier alpha value is -1.25. The zero-order chi connectivity index (χ0) is 14.0. The molecule has 0 N–H and O–H groups in total. The molecule has 1 saturated heterocycles. The quantitative estimate of drug-likeness (QED) is 0.771. The van der Waals surface area contributed by atoms with E-state index in [1.165, 1.54) is 10.6 Å². The number of aromatic nitrogens is 2. The first-order chi connectivity index (χ1) is 8.88. The Morgan fingerprint density at radius 3 is 2.84 bits per heavy atom. The molecule has 1 atom stereocenters. The number of morpholine rings is 1. The lowest BCUT2D eigenvalue weighted by Crippen LogP contribution is -2.41. The van der Waals surface area contributed by atoms with E-state index in [-0.39, 0.29) is 6.10 Å². The highest BCUT2D eigenvalue weighted by molar-refractivity contribution is 7.88. The Labute approximate surface area is 113 Å². The fraction of sp³-hybridized carbons (Fsp3) is 0.636. The fourth-order valence-corrected chi connectivity index (χ4v) is 2.67. The summed E-state index contributed by atoms with van der Waals surface area (Å²) in [4.78, 5) is 10.3. The predicted octanol–water partition coefficient (Wildman–Crippen LogP) is -0.124. The molecule has 0 radical (unpaired) electrons. The SMILES string of the molecule is CN(C)c1nccc([C@H]2CN(S(C)(=O)=O)CCO2)n1. The van der Waals surface area contributed by atoms with Gasteiger partial charge in [-0.25, -0.2) is 18.4 Å². The van der Waals surface area contributed by atoms with Gasteiger partial charge in [-0.3, -0.25) is 0 Å². The first-order valence-corrected chi connectivity index (χ1v) is 7.80. The van der Waals surface area contributed by atoms with Crippen LogP contribution in [0.4, 0.5) is 5.95 Å². The van der Waals surface area contributed by atoms with Crippen LogP contribution in [-0.2, 0) is 14.8 Å². The number of hydrogen-bond acceptors (Lipinski definition) is 6. The van der Waals surface area contributed by atoms with Gasteiger partial charge in [0.1, 0.15) is 6.10 Å². The molecule has 0 spiro atoms. The van der Waals surface area contributed by atoms with Crippen molar-refractivity contribution < 1.29 is 13.2 Å². The van der Waals surface area contributed by atoms with Gasteiger partial charge in [-0.1, -0.05) is 0 Å². The van der Waals surface area contributed by atoms with Gasteiger partial charge < -0.3 is 9.64 Å². The first-order valence-electron chi connectivity index (χ1n) is 5.95. The maximum absolute atomic E-state index is 11.6. The molecular formula is C11H18N4O3S. The van der Waals surface area contributed by atoms with E-state index in [2.05, 4.69) is 9.97 Å². The first kappa shape index (κ1) is 14.2. The van der Waals surface area contributed by atoms with Gasteiger partial charge >= 0.3 is 0 Å². The van der Waals surface area contributed by atoms with Crippen molar-refractivity contribution in [3.05, 3.63) is 18.0 Å². The largest absolute Gasteiger partial charge is 0.369 e. The number of hydrogen-bond donors (Lipinski definition) is 0. The second kappa shape index (κ2) is 5.40. The average molecular weight is 286 g/mol. The minimum atomic E-state index is -3.19. The van der Waals surface area contributed by atoms with Crippen molar-refractivity contribution in [2.45, 2.75) is 6.10 Å². The minimum Gasteiger partial charge on any atom is -0.369 e. The summed E-state index contributed by atoms with van der Waals surface area (Å²) in [5, 5.41) is 0. The van der Waals surface area contributed by atoms with Crippen LogP contribution in [0, 0.1) is 0 Å². The topological polar surface area (TPSA) is 75.6 Å². The van der Waals surface area contributed by atoms with Crippen LogP contribution < -0.4 is 4.90 Å². The fourth-order valence-electron chi connectivity index (χ4n) is 1.86. The molecule has 7 nitrogen and oxygen atoms in total. The van der Waals surface area contributed by atoms with Crippen LogP contribution in [0.25, 0.3) is 0 Å². The van der Waals surface area contributed by atoms with E-state index in [1.54, 1.807) is 17.2 Å². The number of sulfonamides is 1. The molecule has 106 valence electrons. The van der Waals surface area contributed by atoms with Crippen molar-refractivity contribution >= 4 is 16.0 Å². The van der Waals surface area contributed by atoms with Gasteiger partial charge in [-0.2, -0.15) is 4.31 Å². The highest BCUT2D eigenvalue weighted by Gasteiger charge is 2.28. The molecule has 1 fully saturated rings. The summed E-state index contributed by atoms with van der Waals surface area (Å²) in [7, 11) is 0.508. The summed E-state index contributed by atoms with van der Waals surface area (Å²) < 4.78 is 30.2. The third kappa shape index (κ3) is 3.40. The normalized spacial score (nSPS) is 21.3. The predicted molar refractivity (Wildman–Crippen MR) is 71.5 cm³/mol. The molecule has 2 heterocycles. The number of rotatable bonds is 3. The molecule has 2 rings (SSSR count). The van der Waals surface area contributed by atoms with E-state index in [1.807, 2.05) is 14.1 Å². The zero-order valence-electron chi connectivity index (χ0n) is 11.3. The Morgan fingerprint density at radius 1 is 1.47 bits per heavy atom. The van der Waals surface area contributed by atoms with E-state index < -0.39 is 10.0 Å². The van der Waals surface area contributed by atoms with E-state index >= 15 is 0 Å². The smallest absolute Gasteiger partial charge is 0.225 e. The van der Waals surface area contributed by atoms with Crippen molar-refractivity contribution in [1.29, 1.82) is 0 Å². The molecule has 0 aromatic carbocycles. The van der Waals surface area contributed by atoms with Crippen LogP contribution in [0.15, 0.2) is 12.3 Å². The summed E-state index contributed by atoms with van der Waals surface area (Å²) in [6.07, 6.45) is 2.52. The molecule has 1 aromatic rings. The Morgan fingerprint density at radius 2 is 2.21 bits per heavy atom. The summed E-state index contributed by atoms with van der Waals surface area (Å²) in [5.74, 6) is 0.581. The van der Waals surface area contributed by atoms with Gasteiger partial charge in [0.05, 0.1) is 18.6 Å². The zero-order valence-corrected chi connectivity index (χ0v) is 12.1. The molecule has 19 heavy (non-hydrogen) atoms. The van der Waals surface area contributed by atoms with Crippen LogP contribution in [0.3, 0.4) is 0 Å². The molecule has 0 bridgehead atoms. The van der Waals surface area contributed by atoms with Gasteiger partial charge in [0.25, 0.3) is 0 Å². The molecule has 0 saturated carbocycles. The Kier molecular flexibility index (Phi) is 4.02. The van der Waals surface area contributed by atoms with Gasteiger partial charge in [0.15, 0.2) is 0 Å². The van der Waals surface area contributed by atoms with Crippen molar-refractivity contribution in [2.75, 3.05) is 44.9 Å². The van der Waals surface area contributed by atoms with E-state index in [4.69, 9.17) is 4.74 Å². The molecule has 1 aliphatic rings. The Balaban J connectivity index is 2.20. The molecule has 1 aliphatic heterocycles. The van der Waals surface area contributed by atoms with E-state index in [0.29, 0.717) is 31.3 Å². The van der Waals surface area contributed by atoms with Crippen molar-refractivity contribution in [2.24, 2.45) is 0 Å². The van der Waals surface area contributed by atoms with Crippen LogP contribution in [0.5, 0.6) is 0 Å². The molecule has 8 heteroatoms. The monoisotopic (exact) mass is 286 g/mol. The third-order valence-electron chi connectivity index (χ3n) is 2.89. The highest BCUT2D eigenvalue weighted by atomic mass is 32.2. The van der Waals surface area contributed by atoms with Crippen molar-refractivity contribution in [3.63, 3.8) is 0 Å². The maximum atomic E-state index is 11.6. The van der Waals surface area contributed by atoms with Crippen LogP contribution in [0.1, 0.15) is 11.8 Å². The number of nitrogens with zero attached hydrogens (tertiary/aromatic N) is 4. The second-order valence-corrected chi connectivity index (χ2v) is 6.64.